The summed E-state index contributed by atoms with van der Waals surface area (Å²) in [5.74, 6) is 0.553. The number of pyridine rings is 2. The molecule has 3 aromatic heterocycles. The average molecular weight is 466 g/mol. The van der Waals surface area contributed by atoms with Crippen LogP contribution in [0.4, 0.5) is 0 Å². The molecule has 3 heterocycles. The number of hydrogen-bond acceptors (Lipinski definition) is 4. The van der Waals surface area contributed by atoms with Crippen LogP contribution in [0.5, 0.6) is 0 Å². The summed E-state index contributed by atoms with van der Waals surface area (Å²) in [6.45, 7) is 0.281. The molecule has 6 rings (SSSR count). The third-order valence-corrected chi connectivity index (χ3v) is 6.42. The SMILES string of the molecule is O=C(NCc1nnc2ccccn12)c1c2c(nc3ccccc13)/C(=C/c1ccc(Cl)cc1)CC2. The van der Waals surface area contributed by atoms with Gasteiger partial charge in [-0.3, -0.25) is 9.20 Å². The first-order valence-corrected chi connectivity index (χ1v) is 11.5. The Labute approximate surface area is 200 Å². The molecular weight excluding hydrogens is 446 g/mol. The van der Waals surface area contributed by atoms with Crippen molar-refractivity contribution in [2.75, 3.05) is 0 Å². The van der Waals surface area contributed by atoms with E-state index >= 15 is 0 Å². The van der Waals surface area contributed by atoms with Crippen LogP contribution in [0.15, 0.2) is 72.9 Å². The van der Waals surface area contributed by atoms with Gasteiger partial charge in [-0.1, -0.05) is 48.0 Å². The fourth-order valence-corrected chi connectivity index (χ4v) is 4.68. The summed E-state index contributed by atoms with van der Waals surface area (Å²) < 4.78 is 1.88. The number of nitrogens with zero attached hydrogens (tertiary/aromatic N) is 4. The van der Waals surface area contributed by atoms with Gasteiger partial charge in [-0.25, -0.2) is 4.98 Å². The zero-order valence-corrected chi connectivity index (χ0v) is 19.0. The molecule has 0 saturated carbocycles. The van der Waals surface area contributed by atoms with Crippen LogP contribution in [0.25, 0.3) is 28.2 Å². The van der Waals surface area contributed by atoms with Gasteiger partial charge in [0, 0.05) is 16.6 Å². The number of hydrogen-bond donors (Lipinski definition) is 1. The largest absolute Gasteiger partial charge is 0.345 e. The van der Waals surface area contributed by atoms with Gasteiger partial charge in [-0.05, 0) is 65.9 Å². The van der Waals surface area contributed by atoms with Gasteiger partial charge in [-0.15, -0.1) is 10.2 Å². The Balaban J connectivity index is 1.38. The Hall–Kier alpha value is -4.03. The highest BCUT2D eigenvalue weighted by molar-refractivity contribution is 6.30. The quantitative estimate of drug-likeness (QED) is 0.388. The van der Waals surface area contributed by atoms with Crippen molar-refractivity contribution >= 4 is 45.7 Å². The Morgan fingerprint density at radius 3 is 2.71 bits per heavy atom. The lowest BCUT2D eigenvalue weighted by molar-refractivity contribution is 0.0950. The maximum absolute atomic E-state index is 13.5. The molecule has 2 aromatic carbocycles. The van der Waals surface area contributed by atoms with E-state index in [-0.39, 0.29) is 12.5 Å². The molecule has 6 nitrogen and oxygen atoms in total. The lowest BCUT2D eigenvalue weighted by Gasteiger charge is -2.13. The van der Waals surface area contributed by atoms with E-state index in [1.807, 2.05) is 77.3 Å². The van der Waals surface area contributed by atoms with Gasteiger partial charge in [0.15, 0.2) is 11.5 Å². The van der Waals surface area contributed by atoms with Crippen molar-refractivity contribution in [2.45, 2.75) is 19.4 Å². The van der Waals surface area contributed by atoms with E-state index < -0.39 is 0 Å². The smallest absolute Gasteiger partial charge is 0.252 e. The van der Waals surface area contributed by atoms with Gasteiger partial charge in [0.1, 0.15) is 0 Å². The van der Waals surface area contributed by atoms with Gasteiger partial charge >= 0.3 is 0 Å². The molecule has 7 heteroatoms. The minimum atomic E-state index is -0.129. The number of rotatable bonds is 4. The van der Waals surface area contributed by atoms with Gasteiger partial charge < -0.3 is 5.32 Å². The summed E-state index contributed by atoms with van der Waals surface area (Å²) >= 11 is 6.04. The molecule has 1 aliphatic carbocycles. The first kappa shape index (κ1) is 20.6. The molecule has 0 aliphatic heterocycles. The summed E-state index contributed by atoms with van der Waals surface area (Å²) in [5, 5.41) is 13.0. The molecular formula is C27H20ClN5O. The third-order valence-electron chi connectivity index (χ3n) is 6.17. The number of allylic oxidation sites excluding steroid dienone is 1. The fraction of sp³-hybridized carbons (Fsp3) is 0.111. The topological polar surface area (TPSA) is 72.2 Å². The van der Waals surface area contributed by atoms with Crippen LogP contribution in [0, 0.1) is 0 Å². The normalized spacial score (nSPS) is 14.1. The maximum Gasteiger partial charge on any atom is 0.252 e. The second-order valence-electron chi connectivity index (χ2n) is 8.28. The number of fused-ring (bicyclic) bond motifs is 3. The number of benzene rings is 2. The molecule has 166 valence electrons. The van der Waals surface area contributed by atoms with Crippen molar-refractivity contribution in [1.29, 1.82) is 0 Å². The Bertz CT molecular complexity index is 1590. The summed E-state index contributed by atoms with van der Waals surface area (Å²) in [7, 11) is 0. The molecule has 5 aromatic rings. The van der Waals surface area contributed by atoms with E-state index in [2.05, 4.69) is 21.6 Å². The minimum Gasteiger partial charge on any atom is -0.345 e. The van der Waals surface area contributed by atoms with Crippen molar-refractivity contribution in [2.24, 2.45) is 0 Å². The Morgan fingerprint density at radius 1 is 1.00 bits per heavy atom. The predicted octanol–water partition coefficient (Wildman–Crippen LogP) is 5.35. The molecule has 1 N–H and O–H groups in total. The number of aromatic nitrogens is 4. The molecule has 0 saturated heterocycles. The Kier molecular flexibility index (Phi) is 5.08. The van der Waals surface area contributed by atoms with E-state index in [0.717, 1.165) is 51.8 Å². The van der Waals surface area contributed by atoms with E-state index in [4.69, 9.17) is 16.6 Å². The summed E-state index contributed by atoms with van der Waals surface area (Å²) in [4.78, 5) is 18.5. The summed E-state index contributed by atoms with van der Waals surface area (Å²) in [6, 6.07) is 21.3. The minimum absolute atomic E-state index is 0.129. The number of nitrogens with one attached hydrogen (secondary N) is 1. The molecule has 0 spiro atoms. The van der Waals surface area contributed by atoms with Crippen LogP contribution in [0.2, 0.25) is 5.02 Å². The second-order valence-corrected chi connectivity index (χ2v) is 8.72. The van der Waals surface area contributed by atoms with Gasteiger partial charge in [0.25, 0.3) is 5.91 Å². The molecule has 1 aliphatic rings. The number of para-hydroxylation sites is 1. The lowest BCUT2D eigenvalue weighted by Crippen LogP contribution is -2.25. The fourth-order valence-electron chi connectivity index (χ4n) is 4.56. The summed E-state index contributed by atoms with van der Waals surface area (Å²) in [6.07, 6.45) is 5.62. The molecule has 0 unspecified atom stereocenters. The van der Waals surface area contributed by atoms with Crippen molar-refractivity contribution < 1.29 is 4.79 Å². The first-order chi connectivity index (χ1) is 16.7. The summed E-state index contributed by atoms with van der Waals surface area (Å²) in [5.41, 5.74) is 6.32. The average Bonchev–Trinajstić information content (AvgIpc) is 3.46. The first-order valence-electron chi connectivity index (χ1n) is 11.1. The maximum atomic E-state index is 13.5. The number of halogens is 1. The second kappa shape index (κ2) is 8.39. The highest BCUT2D eigenvalue weighted by atomic mass is 35.5. The van der Waals surface area contributed by atoms with Crippen LogP contribution < -0.4 is 5.32 Å². The number of carbonyl (C=O) groups excluding carboxylic acids is 1. The van der Waals surface area contributed by atoms with Crippen LogP contribution in [-0.2, 0) is 13.0 Å². The molecule has 0 fully saturated rings. The van der Waals surface area contributed by atoms with E-state index in [9.17, 15) is 4.79 Å². The Morgan fingerprint density at radius 2 is 1.82 bits per heavy atom. The van der Waals surface area contributed by atoms with Crippen molar-refractivity contribution in [3.05, 3.63) is 106 Å². The highest BCUT2D eigenvalue weighted by Gasteiger charge is 2.27. The van der Waals surface area contributed by atoms with Crippen molar-refractivity contribution in [3.8, 4) is 0 Å². The highest BCUT2D eigenvalue weighted by Crippen LogP contribution is 2.37. The molecule has 1 amide bonds. The standard InChI is InChI=1S/C27H20ClN5O/c28-19-11-8-17(9-12-19)15-18-10-13-21-25(20-5-1-2-6-22(20)30-26(18)21)27(34)29-16-24-32-31-23-7-3-4-14-33(23)24/h1-9,11-12,14-15H,10,13,16H2,(H,29,34)/b18-15+. The zero-order valence-electron chi connectivity index (χ0n) is 18.2. The molecule has 34 heavy (non-hydrogen) atoms. The van der Waals surface area contributed by atoms with Crippen LogP contribution in [0.1, 0.15) is 39.4 Å². The monoisotopic (exact) mass is 465 g/mol. The van der Waals surface area contributed by atoms with Gasteiger partial charge in [-0.2, -0.15) is 0 Å². The van der Waals surface area contributed by atoms with Crippen molar-refractivity contribution in [1.82, 2.24) is 24.9 Å². The van der Waals surface area contributed by atoms with Crippen LogP contribution in [-0.4, -0.2) is 25.5 Å². The molecule has 0 atom stereocenters. The number of amides is 1. The van der Waals surface area contributed by atoms with E-state index in [1.54, 1.807) is 0 Å². The number of carbonyl (C=O) groups is 1. The third kappa shape index (κ3) is 3.62. The molecule has 0 radical (unpaired) electrons. The van der Waals surface area contributed by atoms with E-state index in [1.165, 1.54) is 0 Å². The molecule has 0 bridgehead atoms. The van der Waals surface area contributed by atoms with Crippen LogP contribution in [0.3, 0.4) is 0 Å². The van der Waals surface area contributed by atoms with Gasteiger partial charge in [0.2, 0.25) is 0 Å². The lowest BCUT2D eigenvalue weighted by atomic mass is 10.00. The van der Waals surface area contributed by atoms with Gasteiger partial charge in [0.05, 0.1) is 23.3 Å². The van der Waals surface area contributed by atoms with Crippen LogP contribution >= 0.6 is 11.6 Å². The van der Waals surface area contributed by atoms with Crippen molar-refractivity contribution in [3.63, 3.8) is 0 Å². The van der Waals surface area contributed by atoms with E-state index in [0.29, 0.717) is 16.4 Å². The predicted molar refractivity (Wildman–Crippen MR) is 134 cm³/mol. The zero-order chi connectivity index (χ0) is 23.1.